The molecule has 0 radical (unpaired) electrons. The van der Waals surface area contributed by atoms with Gasteiger partial charge in [-0.1, -0.05) is 0 Å². The topological polar surface area (TPSA) is 35.6 Å². The van der Waals surface area contributed by atoms with E-state index in [9.17, 15) is 4.79 Å². The van der Waals surface area contributed by atoms with E-state index in [1.807, 2.05) is 4.90 Å². The summed E-state index contributed by atoms with van der Waals surface area (Å²) in [5.41, 5.74) is 0. The maximum Gasteiger partial charge on any atom is 0.239 e. The Morgan fingerprint density at radius 3 is 2.44 bits per heavy atom. The van der Waals surface area contributed by atoms with Crippen LogP contribution >= 0.6 is 0 Å². The molecule has 0 aromatic rings. The van der Waals surface area contributed by atoms with Gasteiger partial charge in [0.05, 0.1) is 6.04 Å². The number of likely N-dealkylation sites (tertiary alicyclic amines) is 1. The summed E-state index contributed by atoms with van der Waals surface area (Å²) in [6.07, 6.45) is 4.40. The van der Waals surface area contributed by atoms with Crippen LogP contribution in [-0.4, -0.2) is 61.5 Å². The zero-order valence-electron chi connectivity index (χ0n) is 10.4. The van der Waals surface area contributed by atoms with Crippen LogP contribution in [0.1, 0.15) is 25.7 Å². The number of rotatable bonds is 2. The van der Waals surface area contributed by atoms with Crippen LogP contribution in [0.4, 0.5) is 0 Å². The highest BCUT2D eigenvalue weighted by Crippen LogP contribution is 2.17. The van der Waals surface area contributed by atoms with Gasteiger partial charge in [0.25, 0.3) is 0 Å². The number of nitrogens with one attached hydrogen (secondary N) is 1. The third kappa shape index (κ3) is 2.55. The standard InChI is InChI=1S/C12H23N3O/c1-14(2)10-5-8-15(9-6-10)12(16)11-4-3-7-13-11/h10-11,13H,3-9H2,1-2H3/t11-/m1/s1. The van der Waals surface area contributed by atoms with E-state index >= 15 is 0 Å². The minimum absolute atomic E-state index is 0.107. The quantitative estimate of drug-likeness (QED) is 0.734. The van der Waals surface area contributed by atoms with Gasteiger partial charge in [0.2, 0.25) is 5.91 Å². The van der Waals surface area contributed by atoms with Gasteiger partial charge < -0.3 is 15.1 Å². The number of hydrogen-bond acceptors (Lipinski definition) is 3. The van der Waals surface area contributed by atoms with Crippen molar-refractivity contribution in [3.63, 3.8) is 0 Å². The fourth-order valence-corrected chi connectivity index (χ4v) is 2.72. The molecule has 92 valence electrons. The van der Waals surface area contributed by atoms with Crippen molar-refractivity contribution < 1.29 is 4.79 Å². The fraction of sp³-hybridized carbons (Fsp3) is 0.917. The van der Waals surface area contributed by atoms with Crippen LogP contribution in [0.15, 0.2) is 0 Å². The van der Waals surface area contributed by atoms with Crippen molar-refractivity contribution in [3.05, 3.63) is 0 Å². The van der Waals surface area contributed by atoms with Crippen LogP contribution in [0.25, 0.3) is 0 Å². The monoisotopic (exact) mass is 225 g/mol. The van der Waals surface area contributed by atoms with Gasteiger partial charge in [-0.2, -0.15) is 0 Å². The summed E-state index contributed by atoms with van der Waals surface area (Å²) >= 11 is 0. The molecule has 16 heavy (non-hydrogen) atoms. The van der Waals surface area contributed by atoms with Crippen molar-refractivity contribution in [1.29, 1.82) is 0 Å². The van der Waals surface area contributed by atoms with Gasteiger partial charge >= 0.3 is 0 Å². The van der Waals surface area contributed by atoms with E-state index < -0.39 is 0 Å². The van der Waals surface area contributed by atoms with Crippen molar-refractivity contribution >= 4 is 5.91 Å². The number of nitrogens with zero attached hydrogens (tertiary/aromatic N) is 2. The largest absolute Gasteiger partial charge is 0.341 e. The van der Waals surface area contributed by atoms with Gasteiger partial charge in [-0.15, -0.1) is 0 Å². The molecule has 4 nitrogen and oxygen atoms in total. The Bertz CT molecular complexity index is 241. The van der Waals surface area contributed by atoms with E-state index in [0.29, 0.717) is 11.9 Å². The van der Waals surface area contributed by atoms with Crippen LogP contribution in [0.3, 0.4) is 0 Å². The Labute approximate surface area is 98.0 Å². The van der Waals surface area contributed by atoms with Gasteiger partial charge in [0.1, 0.15) is 0 Å². The summed E-state index contributed by atoms with van der Waals surface area (Å²) < 4.78 is 0. The molecule has 4 heteroatoms. The summed E-state index contributed by atoms with van der Waals surface area (Å²) in [6, 6.07) is 0.761. The summed E-state index contributed by atoms with van der Waals surface area (Å²) in [7, 11) is 4.25. The normalized spacial score (nSPS) is 27.7. The van der Waals surface area contributed by atoms with Crippen molar-refractivity contribution in [2.45, 2.75) is 37.8 Å². The Balaban J connectivity index is 1.81. The first kappa shape index (κ1) is 11.9. The zero-order chi connectivity index (χ0) is 11.5. The molecule has 0 aromatic heterocycles. The molecule has 1 N–H and O–H groups in total. The maximum absolute atomic E-state index is 12.1. The summed E-state index contributed by atoms with van der Waals surface area (Å²) in [6.45, 7) is 2.87. The van der Waals surface area contributed by atoms with Gasteiger partial charge in [-0.3, -0.25) is 4.79 Å². The molecule has 2 heterocycles. The SMILES string of the molecule is CN(C)C1CCN(C(=O)[C@H]2CCCN2)CC1. The molecule has 2 aliphatic rings. The Morgan fingerprint density at radius 1 is 1.25 bits per heavy atom. The van der Waals surface area contributed by atoms with Crippen LogP contribution in [0.2, 0.25) is 0 Å². The van der Waals surface area contributed by atoms with Crippen LogP contribution < -0.4 is 5.32 Å². The first-order valence-electron chi connectivity index (χ1n) is 6.37. The van der Waals surface area contributed by atoms with E-state index in [1.165, 1.54) is 0 Å². The van der Waals surface area contributed by atoms with Gasteiger partial charge in [0.15, 0.2) is 0 Å². The Hall–Kier alpha value is -0.610. The summed E-state index contributed by atoms with van der Waals surface area (Å²) in [5, 5.41) is 3.29. The van der Waals surface area contributed by atoms with E-state index in [2.05, 4.69) is 24.3 Å². The van der Waals surface area contributed by atoms with Crippen molar-refractivity contribution in [2.75, 3.05) is 33.7 Å². The predicted molar refractivity (Wildman–Crippen MR) is 64.3 cm³/mol. The minimum Gasteiger partial charge on any atom is -0.341 e. The van der Waals surface area contributed by atoms with Gasteiger partial charge in [-0.25, -0.2) is 0 Å². The van der Waals surface area contributed by atoms with E-state index in [4.69, 9.17) is 0 Å². The lowest BCUT2D eigenvalue weighted by Gasteiger charge is -2.36. The summed E-state index contributed by atoms with van der Waals surface area (Å²) in [4.78, 5) is 16.4. The molecular formula is C12H23N3O. The van der Waals surface area contributed by atoms with E-state index in [1.54, 1.807) is 0 Å². The lowest BCUT2D eigenvalue weighted by Crippen LogP contribution is -2.49. The lowest BCUT2D eigenvalue weighted by atomic mass is 10.0. The third-order valence-electron chi connectivity index (χ3n) is 3.86. The zero-order valence-corrected chi connectivity index (χ0v) is 10.4. The number of amides is 1. The molecule has 2 fully saturated rings. The average molecular weight is 225 g/mol. The number of piperidine rings is 1. The van der Waals surface area contributed by atoms with Crippen molar-refractivity contribution in [2.24, 2.45) is 0 Å². The predicted octanol–water partition coefficient (Wildman–Crippen LogP) is 0.291. The van der Waals surface area contributed by atoms with Gasteiger partial charge in [-0.05, 0) is 46.3 Å². The molecular weight excluding hydrogens is 202 g/mol. The van der Waals surface area contributed by atoms with Gasteiger partial charge in [0, 0.05) is 19.1 Å². The van der Waals surface area contributed by atoms with E-state index in [-0.39, 0.29) is 6.04 Å². The smallest absolute Gasteiger partial charge is 0.239 e. The molecule has 0 unspecified atom stereocenters. The second-order valence-corrected chi connectivity index (χ2v) is 5.17. The number of hydrogen-bond donors (Lipinski definition) is 1. The van der Waals surface area contributed by atoms with E-state index in [0.717, 1.165) is 45.3 Å². The molecule has 0 aromatic carbocycles. The molecule has 1 amide bonds. The molecule has 1 atom stereocenters. The highest BCUT2D eigenvalue weighted by molar-refractivity contribution is 5.82. The first-order valence-corrected chi connectivity index (χ1v) is 6.37. The lowest BCUT2D eigenvalue weighted by molar-refractivity contribution is -0.134. The molecule has 0 aliphatic carbocycles. The van der Waals surface area contributed by atoms with Crippen LogP contribution in [-0.2, 0) is 4.79 Å². The summed E-state index contributed by atoms with van der Waals surface area (Å²) in [5.74, 6) is 0.328. The molecule has 2 saturated heterocycles. The highest BCUT2D eigenvalue weighted by Gasteiger charge is 2.30. The Morgan fingerprint density at radius 2 is 1.94 bits per heavy atom. The second-order valence-electron chi connectivity index (χ2n) is 5.17. The maximum atomic E-state index is 12.1. The average Bonchev–Trinajstić information content (AvgIpc) is 2.81. The molecule has 2 rings (SSSR count). The second kappa shape index (κ2) is 5.15. The molecule has 0 saturated carbocycles. The molecule has 0 spiro atoms. The highest BCUT2D eigenvalue weighted by atomic mass is 16.2. The fourth-order valence-electron chi connectivity index (χ4n) is 2.72. The minimum atomic E-state index is 0.107. The third-order valence-corrected chi connectivity index (χ3v) is 3.86. The van der Waals surface area contributed by atoms with Crippen LogP contribution in [0, 0.1) is 0 Å². The van der Waals surface area contributed by atoms with Crippen LogP contribution in [0.5, 0.6) is 0 Å². The molecule has 2 aliphatic heterocycles. The molecule has 0 bridgehead atoms. The van der Waals surface area contributed by atoms with Crippen molar-refractivity contribution in [3.8, 4) is 0 Å². The Kier molecular flexibility index (Phi) is 3.82. The first-order chi connectivity index (χ1) is 7.68. The van der Waals surface area contributed by atoms with Crippen molar-refractivity contribution in [1.82, 2.24) is 15.1 Å². The number of carbonyl (C=O) groups excluding carboxylic acids is 1. The number of carbonyl (C=O) groups is 1.